The third kappa shape index (κ3) is 4.93. The summed E-state index contributed by atoms with van der Waals surface area (Å²) in [5.74, 6) is 0.899. The number of ether oxygens (including phenoxy) is 2. The number of nitrogens with one attached hydrogen (secondary N) is 2. The molecule has 7 heteroatoms. The summed E-state index contributed by atoms with van der Waals surface area (Å²) in [6, 6.07) is 25.2. The predicted octanol–water partition coefficient (Wildman–Crippen LogP) is 4.91. The van der Waals surface area contributed by atoms with E-state index in [1.807, 2.05) is 49.4 Å². The number of hydrogen-bond donors (Lipinski definition) is 2. The Hall–Kier alpha value is -4.39. The molecule has 1 amide bonds. The first-order chi connectivity index (χ1) is 16.1. The second-order valence-electron chi connectivity index (χ2n) is 7.31. The van der Waals surface area contributed by atoms with E-state index in [0.29, 0.717) is 28.5 Å². The standard InChI is InChI=1S/C26H24N4O3/c1-17(18-9-11-20(12-10-18)19-7-5-4-6-8-19)27-30-26(31)24-16-23(28-29-24)22-15-21(32-2)13-14-25(22)33-3/h4-16H,1-3H3,(H,28,29)(H,30,31). The van der Waals surface area contributed by atoms with Gasteiger partial charge in [-0.3, -0.25) is 9.89 Å². The highest BCUT2D eigenvalue weighted by molar-refractivity contribution is 6.01. The third-order valence-corrected chi connectivity index (χ3v) is 5.24. The Kier molecular flexibility index (Phi) is 6.50. The molecule has 0 saturated heterocycles. The van der Waals surface area contributed by atoms with Crippen molar-refractivity contribution in [1.82, 2.24) is 15.6 Å². The Balaban J connectivity index is 1.47. The maximum absolute atomic E-state index is 12.6. The molecule has 0 saturated carbocycles. The van der Waals surface area contributed by atoms with Gasteiger partial charge in [0.2, 0.25) is 0 Å². The van der Waals surface area contributed by atoms with Gasteiger partial charge in [-0.2, -0.15) is 10.2 Å². The summed E-state index contributed by atoms with van der Waals surface area (Å²) >= 11 is 0. The van der Waals surface area contributed by atoms with Gasteiger partial charge in [-0.15, -0.1) is 0 Å². The minimum Gasteiger partial charge on any atom is -0.497 e. The van der Waals surface area contributed by atoms with E-state index in [1.54, 1.807) is 38.5 Å². The van der Waals surface area contributed by atoms with Crippen LogP contribution < -0.4 is 14.9 Å². The lowest BCUT2D eigenvalue weighted by molar-refractivity contribution is 0.0950. The van der Waals surface area contributed by atoms with Crippen LogP contribution in [0, 0.1) is 0 Å². The summed E-state index contributed by atoms with van der Waals surface area (Å²) in [7, 11) is 3.17. The zero-order valence-corrected chi connectivity index (χ0v) is 18.6. The van der Waals surface area contributed by atoms with Gasteiger partial charge in [0, 0.05) is 5.56 Å². The first-order valence-corrected chi connectivity index (χ1v) is 10.4. The molecule has 3 aromatic carbocycles. The Morgan fingerprint density at radius 1 is 0.909 bits per heavy atom. The highest BCUT2D eigenvalue weighted by Crippen LogP contribution is 2.32. The molecule has 0 aliphatic heterocycles. The normalized spacial score (nSPS) is 11.2. The zero-order valence-electron chi connectivity index (χ0n) is 18.6. The van der Waals surface area contributed by atoms with Crippen molar-refractivity contribution in [2.24, 2.45) is 5.10 Å². The fourth-order valence-electron chi connectivity index (χ4n) is 3.38. The molecule has 0 aliphatic rings. The molecule has 1 aromatic heterocycles. The quantitative estimate of drug-likeness (QED) is 0.316. The van der Waals surface area contributed by atoms with Gasteiger partial charge in [-0.1, -0.05) is 54.6 Å². The smallest absolute Gasteiger partial charge is 0.289 e. The van der Waals surface area contributed by atoms with E-state index < -0.39 is 5.91 Å². The second kappa shape index (κ2) is 9.82. The number of benzene rings is 3. The lowest BCUT2D eigenvalue weighted by atomic mass is 10.0. The number of nitrogens with zero attached hydrogens (tertiary/aromatic N) is 2. The molecule has 2 N–H and O–H groups in total. The number of carbonyl (C=O) groups is 1. The first kappa shape index (κ1) is 21.8. The molecule has 33 heavy (non-hydrogen) atoms. The fraction of sp³-hybridized carbons (Fsp3) is 0.115. The molecule has 4 aromatic rings. The average Bonchev–Trinajstić information content (AvgIpc) is 3.37. The lowest BCUT2D eigenvalue weighted by Crippen LogP contribution is -2.19. The molecular formula is C26H24N4O3. The number of aromatic nitrogens is 2. The van der Waals surface area contributed by atoms with Crippen molar-refractivity contribution >= 4 is 11.6 Å². The summed E-state index contributed by atoms with van der Waals surface area (Å²) in [5, 5.41) is 11.2. The molecule has 0 atom stereocenters. The van der Waals surface area contributed by atoms with Gasteiger partial charge >= 0.3 is 0 Å². The van der Waals surface area contributed by atoms with Crippen molar-refractivity contribution in [3.8, 4) is 33.9 Å². The van der Waals surface area contributed by atoms with Crippen molar-refractivity contribution in [2.75, 3.05) is 14.2 Å². The molecule has 0 fully saturated rings. The van der Waals surface area contributed by atoms with E-state index in [0.717, 1.165) is 16.7 Å². The minimum atomic E-state index is -0.393. The topological polar surface area (TPSA) is 88.6 Å². The van der Waals surface area contributed by atoms with Gasteiger partial charge in [0.25, 0.3) is 5.91 Å². The van der Waals surface area contributed by atoms with Gasteiger partial charge in [0.05, 0.1) is 25.6 Å². The van der Waals surface area contributed by atoms with E-state index in [2.05, 4.69) is 32.9 Å². The Morgan fingerprint density at radius 2 is 1.64 bits per heavy atom. The van der Waals surface area contributed by atoms with Crippen LogP contribution in [0.2, 0.25) is 0 Å². The van der Waals surface area contributed by atoms with Crippen LogP contribution >= 0.6 is 0 Å². The van der Waals surface area contributed by atoms with E-state index in [1.165, 1.54) is 0 Å². The number of carbonyl (C=O) groups excluding carboxylic acids is 1. The lowest BCUT2D eigenvalue weighted by Gasteiger charge is -2.08. The third-order valence-electron chi connectivity index (χ3n) is 5.24. The van der Waals surface area contributed by atoms with E-state index >= 15 is 0 Å². The Labute approximate surface area is 192 Å². The van der Waals surface area contributed by atoms with Crippen LogP contribution in [-0.4, -0.2) is 36.0 Å². The molecule has 0 unspecified atom stereocenters. The largest absolute Gasteiger partial charge is 0.497 e. The average molecular weight is 441 g/mol. The van der Waals surface area contributed by atoms with Crippen LogP contribution in [-0.2, 0) is 0 Å². The zero-order chi connectivity index (χ0) is 23.2. The van der Waals surface area contributed by atoms with Crippen molar-refractivity contribution < 1.29 is 14.3 Å². The van der Waals surface area contributed by atoms with Crippen LogP contribution in [0.4, 0.5) is 0 Å². The molecular weight excluding hydrogens is 416 g/mol. The van der Waals surface area contributed by atoms with Crippen LogP contribution in [0.5, 0.6) is 11.5 Å². The highest BCUT2D eigenvalue weighted by atomic mass is 16.5. The maximum Gasteiger partial charge on any atom is 0.289 e. The maximum atomic E-state index is 12.6. The van der Waals surface area contributed by atoms with Gasteiger partial charge in [0.15, 0.2) is 0 Å². The Bertz CT molecular complexity index is 1280. The van der Waals surface area contributed by atoms with E-state index in [9.17, 15) is 4.79 Å². The summed E-state index contributed by atoms with van der Waals surface area (Å²) in [4.78, 5) is 12.6. The molecule has 4 rings (SSSR count). The minimum absolute atomic E-state index is 0.283. The van der Waals surface area contributed by atoms with Crippen molar-refractivity contribution in [3.05, 3.63) is 90.1 Å². The van der Waals surface area contributed by atoms with Crippen molar-refractivity contribution in [2.45, 2.75) is 6.92 Å². The highest BCUT2D eigenvalue weighted by Gasteiger charge is 2.15. The summed E-state index contributed by atoms with van der Waals surface area (Å²) in [6.07, 6.45) is 0. The number of H-pyrrole nitrogens is 1. The fourth-order valence-corrected chi connectivity index (χ4v) is 3.38. The molecule has 0 aliphatic carbocycles. The number of rotatable bonds is 7. The molecule has 1 heterocycles. The van der Waals surface area contributed by atoms with Gasteiger partial charge in [-0.25, -0.2) is 5.43 Å². The van der Waals surface area contributed by atoms with E-state index in [-0.39, 0.29) is 5.69 Å². The number of amides is 1. The van der Waals surface area contributed by atoms with Crippen molar-refractivity contribution in [1.29, 1.82) is 0 Å². The summed E-state index contributed by atoms with van der Waals surface area (Å²) in [5.41, 5.74) is 8.02. The Morgan fingerprint density at radius 3 is 2.33 bits per heavy atom. The van der Waals surface area contributed by atoms with Crippen molar-refractivity contribution in [3.63, 3.8) is 0 Å². The monoisotopic (exact) mass is 440 g/mol. The molecule has 0 spiro atoms. The van der Waals surface area contributed by atoms with Gasteiger partial charge < -0.3 is 9.47 Å². The number of methoxy groups -OCH3 is 2. The number of hydrazone groups is 1. The number of aromatic amines is 1. The van der Waals surface area contributed by atoms with Crippen LogP contribution in [0.15, 0.2) is 84.0 Å². The van der Waals surface area contributed by atoms with Crippen LogP contribution in [0.1, 0.15) is 23.0 Å². The molecule has 7 nitrogen and oxygen atoms in total. The van der Waals surface area contributed by atoms with E-state index in [4.69, 9.17) is 9.47 Å². The van der Waals surface area contributed by atoms with Gasteiger partial charge in [0.1, 0.15) is 17.2 Å². The predicted molar refractivity (Wildman–Crippen MR) is 129 cm³/mol. The van der Waals surface area contributed by atoms with Crippen LogP contribution in [0.25, 0.3) is 22.4 Å². The van der Waals surface area contributed by atoms with Crippen LogP contribution in [0.3, 0.4) is 0 Å². The first-order valence-electron chi connectivity index (χ1n) is 10.4. The molecule has 166 valence electrons. The SMILES string of the molecule is COc1ccc(OC)c(-c2cc(C(=O)NN=C(C)c3ccc(-c4ccccc4)cc3)[nH]n2)c1. The van der Waals surface area contributed by atoms with Gasteiger partial charge in [-0.05, 0) is 47.9 Å². The summed E-state index contributed by atoms with van der Waals surface area (Å²) < 4.78 is 10.7. The summed E-state index contributed by atoms with van der Waals surface area (Å²) in [6.45, 7) is 1.84. The number of hydrogen-bond acceptors (Lipinski definition) is 5. The molecule has 0 bridgehead atoms. The second-order valence-corrected chi connectivity index (χ2v) is 7.31. The molecule has 0 radical (unpaired) electrons.